The Bertz CT molecular complexity index is 401. The van der Waals surface area contributed by atoms with Crippen molar-refractivity contribution in [2.75, 3.05) is 0 Å². The molecule has 88 valence electrons. The second-order valence-corrected chi connectivity index (χ2v) is 6.63. The largest absolute Gasteiger partial charge is 0.468 e. The van der Waals surface area contributed by atoms with Crippen molar-refractivity contribution in [3.8, 4) is 0 Å². The first-order chi connectivity index (χ1) is 7.54. The first-order valence-corrected chi connectivity index (χ1v) is 6.61. The van der Waals surface area contributed by atoms with Gasteiger partial charge in [-0.2, -0.15) is 0 Å². The zero-order chi connectivity index (χ0) is 11.4. The molecule has 0 saturated heterocycles. The summed E-state index contributed by atoms with van der Waals surface area (Å²) in [6.07, 6.45) is 8.48. The molecule has 1 fully saturated rings. The predicted molar refractivity (Wildman–Crippen MR) is 65.5 cm³/mol. The molecule has 0 N–H and O–H groups in total. The molecule has 0 amide bonds. The van der Waals surface area contributed by atoms with Crippen molar-refractivity contribution < 1.29 is 4.42 Å². The van der Waals surface area contributed by atoms with E-state index in [1.807, 2.05) is 6.26 Å². The zero-order valence-corrected chi connectivity index (χ0v) is 10.7. The number of hydrogen-bond donors (Lipinski definition) is 0. The van der Waals surface area contributed by atoms with Gasteiger partial charge in [0.1, 0.15) is 5.76 Å². The fourth-order valence-electron chi connectivity index (χ4n) is 4.44. The van der Waals surface area contributed by atoms with Gasteiger partial charge in [0.05, 0.1) is 6.26 Å². The Balaban J connectivity index is 2.09. The van der Waals surface area contributed by atoms with Crippen LogP contribution in [-0.4, -0.2) is 0 Å². The van der Waals surface area contributed by atoms with Crippen molar-refractivity contribution in [2.24, 2.45) is 11.3 Å². The molecular weight excluding hydrogens is 196 g/mol. The molecule has 16 heavy (non-hydrogen) atoms. The summed E-state index contributed by atoms with van der Waals surface area (Å²) in [7, 11) is 0. The lowest BCUT2D eigenvalue weighted by Gasteiger charge is -2.52. The zero-order valence-electron chi connectivity index (χ0n) is 10.7. The van der Waals surface area contributed by atoms with Crippen molar-refractivity contribution >= 4 is 0 Å². The molecule has 2 aliphatic carbocycles. The standard InChI is InChI=1S/C15H22O/c1-14(2)8-4-9-15(3)12(14)6-5-11-7-10-16-13(11)15/h7,10,12H,4-6,8-9H2,1-3H3/t12-,15-/m0/s1. The SMILES string of the molecule is CC1(C)CCC[C@]2(C)c3occc3CC[C@@H]12. The molecule has 1 heterocycles. The van der Waals surface area contributed by atoms with Crippen molar-refractivity contribution in [2.45, 2.75) is 58.3 Å². The summed E-state index contributed by atoms with van der Waals surface area (Å²) in [6, 6.07) is 2.18. The average Bonchev–Trinajstić information content (AvgIpc) is 2.65. The molecule has 1 nitrogen and oxygen atoms in total. The van der Waals surface area contributed by atoms with Crippen LogP contribution in [0.1, 0.15) is 57.8 Å². The lowest BCUT2D eigenvalue weighted by atomic mass is 9.52. The molecule has 1 heteroatoms. The first kappa shape index (κ1) is 10.4. The summed E-state index contributed by atoms with van der Waals surface area (Å²) in [5.74, 6) is 2.10. The predicted octanol–water partition coefficient (Wildman–Crippen LogP) is 4.31. The van der Waals surface area contributed by atoms with Gasteiger partial charge in [0, 0.05) is 5.41 Å². The van der Waals surface area contributed by atoms with Gasteiger partial charge in [-0.3, -0.25) is 0 Å². The van der Waals surface area contributed by atoms with E-state index in [4.69, 9.17) is 4.42 Å². The smallest absolute Gasteiger partial charge is 0.113 e. The molecular formula is C15H22O. The van der Waals surface area contributed by atoms with E-state index < -0.39 is 0 Å². The molecule has 2 aliphatic rings. The highest BCUT2D eigenvalue weighted by Crippen LogP contribution is 2.57. The monoisotopic (exact) mass is 218 g/mol. The fourth-order valence-corrected chi connectivity index (χ4v) is 4.44. The Morgan fingerprint density at radius 3 is 2.88 bits per heavy atom. The lowest BCUT2D eigenvalue weighted by Crippen LogP contribution is -2.47. The summed E-state index contributed by atoms with van der Waals surface area (Å²) < 4.78 is 5.82. The third kappa shape index (κ3) is 1.23. The summed E-state index contributed by atoms with van der Waals surface area (Å²) in [6.45, 7) is 7.33. The van der Waals surface area contributed by atoms with E-state index in [2.05, 4.69) is 26.8 Å². The van der Waals surface area contributed by atoms with Crippen LogP contribution in [0.3, 0.4) is 0 Å². The molecule has 1 aromatic heterocycles. The molecule has 0 aromatic carbocycles. The molecule has 0 unspecified atom stereocenters. The van der Waals surface area contributed by atoms with Gasteiger partial charge in [0.25, 0.3) is 0 Å². The third-order valence-corrected chi connectivity index (χ3v) is 5.20. The Hall–Kier alpha value is -0.720. The molecule has 1 aromatic rings. The van der Waals surface area contributed by atoms with E-state index in [1.165, 1.54) is 43.4 Å². The first-order valence-electron chi connectivity index (χ1n) is 6.61. The minimum absolute atomic E-state index is 0.304. The highest BCUT2D eigenvalue weighted by atomic mass is 16.3. The Morgan fingerprint density at radius 2 is 2.06 bits per heavy atom. The number of rotatable bonds is 0. The van der Waals surface area contributed by atoms with Gasteiger partial charge in [-0.1, -0.05) is 27.2 Å². The van der Waals surface area contributed by atoms with Crippen molar-refractivity contribution in [1.29, 1.82) is 0 Å². The van der Waals surface area contributed by atoms with Crippen LogP contribution < -0.4 is 0 Å². The molecule has 0 aliphatic heterocycles. The van der Waals surface area contributed by atoms with Crippen LogP contribution in [-0.2, 0) is 11.8 Å². The maximum Gasteiger partial charge on any atom is 0.113 e. The van der Waals surface area contributed by atoms with E-state index in [9.17, 15) is 0 Å². The van der Waals surface area contributed by atoms with Gasteiger partial charge in [0.15, 0.2) is 0 Å². The van der Waals surface area contributed by atoms with Crippen LogP contribution in [0.5, 0.6) is 0 Å². The number of aryl methyl sites for hydroxylation is 1. The minimum Gasteiger partial charge on any atom is -0.468 e. The van der Waals surface area contributed by atoms with E-state index in [-0.39, 0.29) is 0 Å². The average molecular weight is 218 g/mol. The molecule has 2 atom stereocenters. The molecule has 3 rings (SSSR count). The van der Waals surface area contributed by atoms with Crippen molar-refractivity contribution in [3.05, 3.63) is 23.7 Å². The Morgan fingerprint density at radius 1 is 1.25 bits per heavy atom. The summed E-state index contributed by atoms with van der Waals surface area (Å²) in [4.78, 5) is 0. The molecule has 0 spiro atoms. The highest BCUT2D eigenvalue weighted by Gasteiger charge is 2.51. The lowest BCUT2D eigenvalue weighted by molar-refractivity contribution is 0.0271. The van der Waals surface area contributed by atoms with Crippen molar-refractivity contribution in [3.63, 3.8) is 0 Å². The third-order valence-electron chi connectivity index (χ3n) is 5.20. The minimum atomic E-state index is 0.304. The summed E-state index contributed by atoms with van der Waals surface area (Å²) >= 11 is 0. The molecule has 0 radical (unpaired) electrons. The maximum atomic E-state index is 5.82. The Kier molecular flexibility index (Phi) is 2.05. The van der Waals surface area contributed by atoms with E-state index >= 15 is 0 Å². The maximum absolute atomic E-state index is 5.82. The second kappa shape index (κ2) is 3.15. The van der Waals surface area contributed by atoms with Crippen LogP contribution in [0, 0.1) is 11.3 Å². The number of hydrogen-bond acceptors (Lipinski definition) is 1. The topological polar surface area (TPSA) is 13.1 Å². The van der Waals surface area contributed by atoms with E-state index in [0.717, 1.165) is 5.92 Å². The van der Waals surface area contributed by atoms with Crippen LogP contribution in [0.25, 0.3) is 0 Å². The van der Waals surface area contributed by atoms with Crippen LogP contribution >= 0.6 is 0 Å². The van der Waals surface area contributed by atoms with Gasteiger partial charge in [-0.05, 0) is 48.6 Å². The van der Waals surface area contributed by atoms with Gasteiger partial charge >= 0.3 is 0 Å². The van der Waals surface area contributed by atoms with Gasteiger partial charge in [-0.25, -0.2) is 0 Å². The second-order valence-electron chi connectivity index (χ2n) is 6.63. The van der Waals surface area contributed by atoms with Crippen LogP contribution in [0.2, 0.25) is 0 Å². The van der Waals surface area contributed by atoms with E-state index in [1.54, 1.807) is 0 Å². The summed E-state index contributed by atoms with van der Waals surface area (Å²) in [5.41, 5.74) is 2.26. The van der Waals surface area contributed by atoms with Gasteiger partial charge in [-0.15, -0.1) is 0 Å². The number of fused-ring (bicyclic) bond motifs is 3. The van der Waals surface area contributed by atoms with Crippen molar-refractivity contribution in [1.82, 2.24) is 0 Å². The number of furan rings is 1. The van der Waals surface area contributed by atoms with Crippen LogP contribution in [0.15, 0.2) is 16.7 Å². The Labute approximate surface area is 98.2 Å². The summed E-state index contributed by atoms with van der Waals surface area (Å²) in [5, 5.41) is 0. The highest BCUT2D eigenvalue weighted by molar-refractivity contribution is 5.31. The van der Waals surface area contributed by atoms with E-state index in [0.29, 0.717) is 10.8 Å². The van der Waals surface area contributed by atoms with Crippen LogP contribution in [0.4, 0.5) is 0 Å². The molecule has 0 bridgehead atoms. The van der Waals surface area contributed by atoms with Gasteiger partial charge in [0.2, 0.25) is 0 Å². The quantitative estimate of drug-likeness (QED) is 0.632. The normalized spacial score (nSPS) is 36.6. The fraction of sp³-hybridized carbons (Fsp3) is 0.733. The molecule has 1 saturated carbocycles. The van der Waals surface area contributed by atoms with Gasteiger partial charge < -0.3 is 4.42 Å².